The van der Waals surface area contributed by atoms with Crippen molar-refractivity contribution in [3.05, 3.63) is 45.2 Å². The van der Waals surface area contributed by atoms with E-state index in [0.717, 1.165) is 26.6 Å². The fraction of sp³-hybridized carbons (Fsp3) is 0.250. The lowest BCUT2D eigenvalue weighted by Crippen LogP contribution is -2.06. The van der Waals surface area contributed by atoms with E-state index in [1.165, 1.54) is 0 Å². The number of nitrogens with one attached hydrogen (secondary N) is 1. The van der Waals surface area contributed by atoms with Crippen LogP contribution in [-0.4, -0.2) is 22.0 Å². The van der Waals surface area contributed by atoms with Gasteiger partial charge in [-0.1, -0.05) is 6.07 Å². The molecule has 0 aliphatic rings. The predicted octanol–water partition coefficient (Wildman–Crippen LogP) is 2.42. The third-order valence-corrected chi connectivity index (χ3v) is 3.66. The van der Waals surface area contributed by atoms with E-state index in [0.29, 0.717) is 6.42 Å². The summed E-state index contributed by atoms with van der Waals surface area (Å²) in [6.45, 7) is 1.99. The van der Waals surface area contributed by atoms with Gasteiger partial charge >= 0.3 is 0 Å². The smallest absolute Gasteiger partial charge is 0.143 e. The Kier molecular flexibility index (Phi) is 3.88. The minimum atomic E-state index is 0.660. The Bertz CT molecular complexity index is 513. The van der Waals surface area contributed by atoms with Gasteiger partial charge in [-0.15, -0.1) is 0 Å². The average molecular weight is 340 g/mol. The van der Waals surface area contributed by atoms with Crippen LogP contribution in [0.2, 0.25) is 0 Å². The molecule has 0 saturated carbocycles. The largest absolute Gasteiger partial charge is 0.372 e. The zero-order chi connectivity index (χ0) is 12.3. The minimum absolute atomic E-state index is 0.660. The molecule has 0 bridgehead atoms. The Hall–Kier alpha value is -1.24. The molecule has 2 aromatic rings. The molecule has 0 atom stereocenters. The lowest BCUT2D eigenvalue weighted by atomic mass is 10.2. The topological polar surface area (TPSA) is 50.7 Å². The summed E-state index contributed by atoms with van der Waals surface area (Å²) in [5.74, 6) is 1.68. The first kappa shape index (κ1) is 12.2. The van der Waals surface area contributed by atoms with Gasteiger partial charge < -0.3 is 5.32 Å². The summed E-state index contributed by atoms with van der Waals surface area (Å²) >= 11 is 2.25. The fourth-order valence-electron chi connectivity index (χ4n) is 1.53. The van der Waals surface area contributed by atoms with Crippen molar-refractivity contribution in [2.75, 3.05) is 12.4 Å². The van der Waals surface area contributed by atoms with Crippen molar-refractivity contribution >= 4 is 28.4 Å². The van der Waals surface area contributed by atoms with Crippen molar-refractivity contribution in [2.45, 2.75) is 13.3 Å². The number of hydrogen-bond donors (Lipinski definition) is 1. The Morgan fingerprint density at radius 2 is 2.12 bits per heavy atom. The highest BCUT2D eigenvalue weighted by Crippen LogP contribution is 2.18. The first-order valence-electron chi connectivity index (χ1n) is 5.31. The fourth-order valence-corrected chi connectivity index (χ4v) is 2.04. The van der Waals surface area contributed by atoms with Crippen molar-refractivity contribution in [1.29, 1.82) is 0 Å². The van der Waals surface area contributed by atoms with Gasteiger partial charge in [0.05, 0.1) is 15.7 Å². The molecule has 0 fully saturated rings. The molecule has 0 amide bonds. The molecule has 1 N–H and O–H groups in total. The Morgan fingerprint density at radius 1 is 1.29 bits per heavy atom. The molecule has 4 nitrogen and oxygen atoms in total. The minimum Gasteiger partial charge on any atom is -0.372 e. The van der Waals surface area contributed by atoms with E-state index in [-0.39, 0.29) is 0 Å². The summed E-state index contributed by atoms with van der Waals surface area (Å²) in [5, 5.41) is 3.08. The summed E-state index contributed by atoms with van der Waals surface area (Å²) in [4.78, 5) is 13.2. The maximum Gasteiger partial charge on any atom is 0.143 e. The quantitative estimate of drug-likeness (QED) is 0.872. The lowest BCUT2D eigenvalue weighted by Gasteiger charge is -2.08. The van der Waals surface area contributed by atoms with E-state index < -0.39 is 0 Å². The Labute approximate surface area is 114 Å². The molecule has 0 aromatic carbocycles. The van der Waals surface area contributed by atoms with Crippen LogP contribution >= 0.6 is 22.6 Å². The third-order valence-electron chi connectivity index (χ3n) is 2.37. The Balaban J connectivity index is 2.31. The van der Waals surface area contributed by atoms with Crippen LogP contribution in [0, 0.1) is 10.5 Å². The number of hydrogen-bond acceptors (Lipinski definition) is 4. The second kappa shape index (κ2) is 5.39. The molecule has 0 unspecified atom stereocenters. The van der Waals surface area contributed by atoms with Gasteiger partial charge in [0.1, 0.15) is 11.6 Å². The zero-order valence-corrected chi connectivity index (χ0v) is 11.9. The highest BCUT2D eigenvalue weighted by molar-refractivity contribution is 14.1. The monoisotopic (exact) mass is 340 g/mol. The van der Waals surface area contributed by atoms with Crippen LogP contribution in [0.5, 0.6) is 0 Å². The summed E-state index contributed by atoms with van der Waals surface area (Å²) in [6.07, 6.45) is 2.45. The molecule has 2 heterocycles. The van der Waals surface area contributed by atoms with Gasteiger partial charge in [0.2, 0.25) is 0 Å². The van der Waals surface area contributed by atoms with Crippen LogP contribution in [0.1, 0.15) is 17.2 Å². The van der Waals surface area contributed by atoms with E-state index in [9.17, 15) is 0 Å². The number of anilines is 1. The molecule has 0 spiro atoms. The van der Waals surface area contributed by atoms with E-state index in [1.807, 2.05) is 32.2 Å². The van der Waals surface area contributed by atoms with Crippen molar-refractivity contribution in [3.8, 4) is 0 Å². The van der Waals surface area contributed by atoms with Crippen molar-refractivity contribution < 1.29 is 0 Å². The van der Waals surface area contributed by atoms with E-state index in [4.69, 9.17) is 0 Å². The molecule has 0 aliphatic carbocycles. The van der Waals surface area contributed by atoms with Gasteiger partial charge in [-0.2, -0.15) is 0 Å². The van der Waals surface area contributed by atoms with Gasteiger partial charge in [-0.3, -0.25) is 4.98 Å². The van der Waals surface area contributed by atoms with Crippen molar-refractivity contribution in [2.24, 2.45) is 0 Å². The van der Waals surface area contributed by atoms with E-state index >= 15 is 0 Å². The second-order valence-corrected chi connectivity index (χ2v) is 4.71. The summed E-state index contributed by atoms with van der Waals surface area (Å²) in [7, 11) is 1.87. The van der Waals surface area contributed by atoms with Crippen LogP contribution in [0.15, 0.2) is 24.4 Å². The van der Waals surface area contributed by atoms with Crippen molar-refractivity contribution in [1.82, 2.24) is 15.0 Å². The molecule has 2 rings (SSSR count). The number of nitrogens with zero attached hydrogens (tertiary/aromatic N) is 3. The van der Waals surface area contributed by atoms with Crippen LogP contribution in [0.4, 0.5) is 5.82 Å². The second-order valence-electron chi connectivity index (χ2n) is 3.64. The molecule has 2 aromatic heterocycles. The maximum atomic E-state index is 4.48. The van der Waals surface area contributed by atoms with E-state index in [2.05, 4.69) is 42.9 Å². The predicted molar refractivity (Wildman–Crippen MR) is 76.1 cm³/mol. The number of aryl methyl sites for hydroxylation is 1. The SMILES string of the molecule is CNc1nc(Cc2ccccn2)nc(C)c1I. The number of aromatic nitrogens is 3. The standard InChI is InChI=1S/C12H13IN4/c1-8-11(13)12(14-2)17-10(16-8)7-9-5-3-4-6-15-9/h3-6H,7H2,1-2H3,(H,14,16,17). The highest BCUT2D eigenvalue weighted by atomic mass is 127. The van der Waals surface area contributed by atoms with Gasteiger partial charge in [0, 0.05) is 18.9 Å². The van der Waals surface area contributed by atoms with Crippen LogP contribution in [0.3, 0.4) is 0 Å². The summed E-state index contributed by atoms with van der Waals surface area (Å²) < 4.78 is 1.06. The van der Waals surface area contributed by atoms with Gasteiger partial charge in [0.15, 0.2) is 0 Å². The first-order valence-corrected chi connectivity index (χ1v) is 6.39. The Morgan fingerprint density at radius 3 is 2.76 bits per heavy atom. The molecular formula is C12H13IN4. The van der Waals surface area contributed by atoms with Crippen LogP contribution in [-0.2, 0) is 6.42 Å². The summed E-state index contributed by atoms with van der Waals surface area (Å²) in [6, 6.07) is 5.86. The molecule has 0 radical (unpaired) electrons. The maximum absolute atomic E-state index is 4.48. The molecular weight excluding hydrogens is 327 g/mol. The molecule has 88 valence electrons. The van der Waals surface area contributed by atoms with Gasteiger partial charge in [-0.05, 0) is 41.6 Å². The number of rotatable bonds is 3. The van der Waals surface area contributed by atoms with Gasteiger partial charge in [0.25, 0.3) is 0 Å². The molecule has 0 saturated heterocycles. The van der Waals surface area contributed by atoms with Crippen LogP contribution in [0.25, 0.3) is 0 Å². The summed E-state index contributed by atoms with van der Waals surface area (Å²) in [5.41, 5.74) is 1.98. The molecule has 5 heteroatoms. The van der Waals surface area contributed by atoms with Crippen LogP contribution < -0.4 is 5.32 Å². The van der Waals surface area contributed by atoms with Crippen molar-refractivity contribution in [3.63, 3.8) is 0 Å². The van der Waals surface area contributed by atoms with E-state index in [1.54, 1.807) is 6.20 Å². The number of halogens is 1. The third kappa shape index (κ3) is 2.91. The lowest BCUT2D eigenvalue weighted by molar-refractivity contribution is 0.911. The first-order chi connectivity index (χ1) is 8.20. The van der Waals surface area contributed by atoms with Gasteiger partial charge in [-0.25, -0.2) is 9.97 Å². The normalized spacial score (nSPS) is 10.3. The zero-order valence-electron chi connectivity index (χ0n) is 9.74. The molecule has 0 aliphatic heterocycles. The highest BCUT2D eigenvalue weighted by Gasteiger charge is 2.08. The number of pyridine rings is 1. The molecule has 17 heavy (non-hydrogen) atoms. The average Bonchev–Trinajstić information content (AvgIpc) is 2.35.